The molecule has 222 valence electrons. The topological polar surface area (TPSA) is 80.2 Å². The summed E-state index contributed by atoms with van der Waals surface area (Å²) in [6, 6.07) is 17.2. The van der Waals surface area contributed by atoms with E-state index in [1.54, 1.807) is 41.0 Å². The molecule has 1 heterocycles. The number of amides is 2. The van der Waals surface area contributed by atoms with Gasteiger partial charge in [-0.3, -0.25) is 23.7 Å². The average molecular weight is 602 g/mol. The summed E-state index contributed by atoms with van der Waals surface area (Å²) in [6.07, 6.45) is 6.95. The van der Waals surface area contributed by atoms with Crippen LogP contribution in [0.15, 0.2) is 71.5 Å². The fourth-order valence-electron chi connectivity index (χ4n) is 5.72. The molecule has 2 aliphatic rings. The predicted octanol–water partition coefficient (Wildman–Crippen LogP) is 6.72. The van der Waals surface area contributed by atoms with Crippen molar-refractivity contribution in [2.75, 3.05) is 0 Å². The highest BCUT2D eigenvalue weighted by Crippen LogP contribution is 2.32. The molecule has 1 atom stereocenters. The summed E-state index contributed by atoms with van der Waals surface area (Å²) in [5.41, 5.74) is 3.30. The highest BCUT2D eigenvalue weighted by Gasteiger charge is 2.24. The lowest BCUT2D eigenvalue weighted by molar-refractivity contribution is -0.119. The van der Waals surface area contributed by atoms with Gasteiger partial charge in [0.1, 0.15) is 11.6 Å². The molecule has 9 heteroatoms. The Labute approximate surface area is 253 Å². The summed E-state index contributed by atoms with van der Waals surface area (Å²) >= 11 is 1.50. The number of carbonyl (C=O) groups excluding carboxylic acids is 2. The van der Waals surface area contributed by atoms with E-state index in [1.807, 2.05) is 6.07 Å². The van der Waals surface area contributed by atoms with Crippen LogP contribution in [0.2, 0.25) is 0 Å². The first kappa shape index (κ1) is 29.1. The first-order chi connectivity index (χ1) is 20.9. The molecule has 0 spiro atoms. The molecule has 4 aromatic rings. The number of benzene rings is 3. The number of carbonyl (C=O) groups is 2. The summed E-state index contributed by atoms with van der Waals surface area (Å²) in [5, 5.41) is 4.72. The van der Waals surface area contributed by atoms with Gasteiger partial charge in [-0.15, -0.1) is 0 Å². The van der Waals surface area contributed by atoms with Crippen LogP contribution in [0.5, 0.6) is 0 Å². The number of nitrogens with one attached hydrogen (secondary N) is 2. The highest BCUT2D eigenvalue weighted by atomic mass is 32.2. The summed E-state index contributed by atoms with van der Waals surface area (Å²) in [6.45, 7) is 0. The molecule has 1 saturated carbocycles. The zero-order chi connectivity index (χ0) is 29.9. The molecular formula is C34H33F2N3O3S. The maximum absolute atomic E-state index is 13.8. The molecule has 1 aromatic heterocycles. The molecular weight excluding hydrogens is 568 g/mol. The van der Waals surface area contributed by atoms with Gasteiger partial charge in [-0.25, -0.2) is 8.78 Å². The Kier molecular flexibility index (Phi) is 8.61. The van der Waals surface area contributed by atoms with Crippen LogP contribution < -0.4 is 15.6 Å². The SMILES string of the molecule is O=C(CCCCc1cc2cc(C(=O)N[C@@H]3CCCc4cc(F)ccc43)ccc2c(=O)n1-c1ccc(F)cc1)NSC1CC1. The van der Waals surface area contributed by atoms with Crippen molar-refractivity contribution in [2.24, 2.45) is 0 Å². The van der Waals surface area contributed by atoms with Crippen LogP contribution in [0.4, 0.5) is 8.78 Å². The first-order valence-electron chi connectivity index (χ1n) is 14.8. The smallest absolute Gasteiger partial charge is 0.263 e. The lowest BCUT2D eigenvalue weighted by Gasteiger charge is -2.26. The Hall–Kier alpha value is -3.98. The third-order valence-electron chi connectivity index (χ3n) is 8.12. The van der Waals surface area contributed by atoms with E-state index in [0.29, 0.717) is 53.0 Å². The number of fused-ring (bicyclic) bond motifs is 2. The van der Waals surface area contributed by atoms with Gasteiger partial charge in [0.05, 0.1) is 6.04 Å². The van der Waals surface area contributed by atoms with Crippen LogP contribution in [-0.2, 0) is 17.6 Å². The molecule has 2 N–H and O–H groups in total. The maximum Gasteiger partial charge on any atom is 0.263 e. The molecule has 0 radical (unpaired) electrons. The van der Waals surface area contributed by atoms with Crippen LogP contribution in [0.3, 0.4) is 0 Å². The molecule has 1 fully saturated rings. The average Bonchev–Trinajstić information content (AvgIpc) is 3.83. The van der Waals surface area contributed by atoms with E-state index >= 15 is 0 Å². The molecule has 3 aromatic carbocycles. The van der Waals surface area contributed by atoms with Gasteiger partial charge in [0.15, 0.2) is 0 Å². The Balaban J connectivity index is 1.24. The minimum absolute atomic E-state index is 0.00714. The van der Waals surface area contributed by atoms with Gasteiger partial charge in [0.2, 0.25) is 5.91 Å². The van der Waals surface area contributed by atoms with E-state index in [9.17, 15) is 23.2 Å². The number of rotatable bonds is 10. The van der Waals surface area contributed by atoms with Gasteiger partial charge in [-0.1, -0.05) is 6.07 Å². The van der Waals surface area contributed by atoms with Crippen LogP contribution in [-0.4, -0.2) is 21.6 Å². The van der Waals surface area contributed by atoms with Crippen LogP contribution >= 0.6 is 11.9 Å². The van der Waals surface area contributed by atoms with Crippen molar-refractivity contribution < 1.29 is 18.4 Å². The second kappa shape index (κ2) is 12.7. The third-order valence-corrected chi connectivity index (χ3v) is 9.27. The van der Waals surface area contributed by atoms with E-state index < -0.39 is 5.82 Å². The van der Waals surface area contributed by atoms with Gasteiger partial charge in [-0.2, -0.15) is 0 Å². The molecule has 2 amide bonds. The fourth-order valence-corrected chi connectivity index (χ4v) is 6.49. The number of aromatic nitrogens is 1. The zero-order valence-corrected chi connectivity index (χ0v) is 24.5. The van der Waals surface area contributed by atoms with E-state index in [-0.39, 0.29) is 29.2 Å². The van der Waals surface area contributed by atoms with Gasteiger partial charge in [-0.05, 0) is 140 Å². The van der Waals surface area contributed by atoms with Crippen molar-refractivity contribution in [1.29, 1.82) is 0 Å². The van der Waals surface area contributed by atoms with E-state index in [1.165, 1.54) is 36.2 Å². The van der Waals surface area contributed by atoms with Crippen molar-refractivity contribution in [2.45, 2.75) is 69.1 Å². The van der Waals surface area contributed by atoms with Gasteiger partial charge >= 0.3 is 0 Å². The van der Waals surface area contributed by atoms with Crippen LogP contribution in [0.25, 0.3) is 16.5 Å². The molecule has 6 rings (SSSR count). The Morgan fingerprint density at radius 1 is 0.907 bits per heavy atom. The number of nitrogens with zero attached hydrogens (tertiary/aromatic N) is 1. The second-order valence-electron chi connectivity index (χ2n) is 11.4. The molecule has 0 aliphatic heterocycles. The van der Waals surface area contributed by atoms with Crippen molar-refractivity contribution >= 4 is 34.5 Å². The molecule has 0 bridgehead atoms. The largest absolute Gasteiger partial charge is 0.345 e. The van der Waals surface area contributed by atoms with Crippen LogP contribution in [0, 0.1) is 11.6 Å². The molecule has 0 unspecified atom stereocenters. The number of aryl methyl sites for hydroxylation is 2. The number of pyridine rings is 1. The predicted molar refractivity (Wildman–Crippen MR) is 165 cm³/mol. The normalized spacial score (nSPS) is 16.1. The lowest BCUT2D eigenvalue weighted by Crippen LogP contribution is -2.31. The monoisotopic (exact) mass is 601 g/mol. The van der Waals surface area contributed by atoms with Crippen molar-refractivity contribution in [3.05, 3.63) is 111 Å². The number of hydrogen-bond donors (Lipinski definition) is 2. The van der Waals surface area contributed by atoms with Crippen molar-refractivity contribution in [1.82, 2.24) is 14.6 Å². The number of unbranched alkanes of at least 4 members (excludes halogenated alkanes) is 1. The first-order valence-corrected chi connectivity index (χ1v) is 15.7. The second-order valence-corrected chi connectivity index (χ2v) is 12.5. The van der Waals surface area contributed by atoms with Gasteiger partial charge in [0, 0.05) is 34.0 Å². The molecule has 2 aliphatic carbocycles. The minimum atomic E-state index is -0.393. The Bertz CT molecular complexity index is 1730. The maximum atomic E-state index is 13.8. The molecule has 0 saturated heterocycles. The van der Waals surface area contributed by atoms with E-state index in [2.05, 4.69) is 10.0 Å². The number of halogens is 2. The van der Waals surface area contributed by atoms with Crippen molar-refractivity contribution in [3.8, 4) is 5.69 Å². The van der Waals surface area contributed by atoms with E-state index in [0.717, 1.165) is 48.9 Å². The quantitative estimate of drug-likeness (QED) is 0.156. The Morgan fingerprint density at radius 2 is 1.70 bits per heavy atom. The minimum Gasteiger partial charge on any atom is -0.345 e. The third kappa shape index (κ3) is 6.82. The fraction of sp³-hybridized carbons (Fsp3) is 0.324. The lowest BCUT2D eigenvalue weighted by atomic mass is 9.87. The standard InChI is InChI=1S/C34H33F2N3O3S/c35-24-9-12-26(13-10-24)39-27(5-1-2-7-32(40)38-43-28-14-15-28)20-23-18-22(8-16-30(23)34(39)42)33(41)37-31-6-3-4-21-19-25(36)11-17-29(21)31/h8-13,16-20,28,31H,1-7,14-15H2,(H,37,41)(H,38,40)/t31-/m1/s1. The Morgan fingerprint density at radius 3 is 2.49 bits per heavy atom. The number of hydrogen-bond acceptors (Lipinski definition) is 4. The summed E-state index contributed by atoms with van der Waals surface area (Å²) in [7, 11) is 0. The van der Waals surface area contributed by atoms with Crippen LogP contribution in [0.1, 0.15) is 78.2 Å². The van der Waals surface area contributed by atoms with Gasteiger partial charge in [0.25, 0.3) is 11.5 Å². The molecule has 43 heavy (non-hydrogen) atoms. The molecule has 6 nitrogen and oxygen atoms in total. The van der Waals surface area contributed by atoms with E-state index in [4.69, 9.17) is 0 Å². The summed E-state index contributed by atoms with van der Waals surface area (Å²) < 4.78 is 32.0. The van der Waals surface area contributed by atoms with Crippen molar-refractivity contribution in [3.63, 3.8) is 0 Å². The summed E-state index contributed by atoms with van der Waals surface area (Å²) in [4.78, 5) is 39.3. The van der Waals surface area contributed by atoms with Gasteiger partial charge < -0.3 is 5.32 Å². The zero-order valence-electron chi connectivity index (χ0n) is 23.7. The summed E-state index contributed by atoms with van der Waals surface area (Å²) in [5.74, 6) is -0.926. The highest BCUT2D eigenvalue weighted by molar-refractivity contribution is 7.98.